The second kappa shape index (κ2) is 11.6. The predicted octanol–water partition coefficient (Wildman–Crippen LogP) is 5.15. The molecule has 3 aromatic carbocycles. The molecule has 0 saturated heterocycles. The van der Waals surface area contributed by atoms with Crippen LogP contribution in [-0.2, 0) is 22.6 Å². The minimum atomic E-state index is -0.781. The Labute approximate surface area is 188 Å². The summed E-state index contributed by atoms with van der Waals surface area (Å²) in [5, 5.41) is 12.1. The summed E-state index contributed by atoms with van der Waals surface area (Å²) >= 11 is 0. The van der Waals surface area contributed by atoms with Gasteiger partial charge in [0, 0.05) is 24.2 Å². The van der Waals surface area contributed by atoms with Crippen molar-refractivity contribution in [3.05, 3.63) is 101 Å². The maximum absolute atomic E-state index is 10.7. The van der Waals surface area contributed by atoms with E-state index in [1.54, 1.807) is 13.4 Å². The highest BCUT2D eigenvalue weighted by molar-refractivity contribution is 5.67. The maximum Gasteiger partial charge on any atom is 0.303 e. The summed E-state index contributed by atoms with van der Waals surface area (Å²) in [6.07, 6.45) is 2.33. The average Bonchev–Trinajstić information content (AvgIpc) is 2.81. The van der Waals surface area contributed by atoms with Crippen molar-refractivity contribution in [2.45, 2.75) is 26.3 Å². The number of aliphatic carboxylic acids is 1. The summed E-state index contributed by atoms with van der Waals surface area (Å²) in [7, 11) is 1.57. The molecule has 0 aliphatic rings. The Balaban J connectivity index is 1.56. The second-order valence-corrected chi connectivity index (χ2v) is 7.36. The number of ether oxygens (including phenoxy) is 1. The molecule has 0 heterocycles. The molecule has 166 valence electrons. The Morgan fingerprint density at radius 2 is 1.66 bits per heavy atom. The first-order valence-electron chi connectivity index (χ1n) is 10.4. The van der Waals surface area contributed by atoms with Crippen molar-refractivity contribution in [1.82, 2.24) is 5.48 Å². The molecule has 6 nitrogen and oxygen atoms in total. The van der Waals surface area contributed by atoms with Crippen LogP contribution in [0.25, 0.3) is 5.70 Å². The number of hydrogen-bond donors (Lipinski definition) is 3. The van der Waals surface area contributed by atoms with Gasteiger partial charge in [-0.3, -0.25) is 15.1 Å². The van der Waals surface area contributed by atoms with Crippen LogP contribution < -0.4 is 15.5 Å². The first-order valence-corrected chi connectivity index (χ1v) is 10.4. The normalized spacial score (nSPS) is 11.1. The van der Waals surface area contributed by atoms with Gasteiger partial charge in [0.2, 0.25) is 0 Å². The van der Waals surface area contributed by atoms with Gasteiger partial charge in [-0.15, -0.1) is 0 Å². The lowest BCUT2D eigenvalue weighted by molar-refractivity contribution is -0.136. The lowest BCUT2D eigenvalue weighted by Gasteiger charge is -2.12. The number of rotatable bonds is 11. The van der Waals surface area contributed by atoms with E-state index in [1.807, 2.05) is 79.7 Å². The van der Waals surface area contributed by atoms with Gasteiger partial charge in [-0.05, 0) is 54.3 Å². The number of anilines is 1. The zero-order valence-electron chi connectivity index (χ0n) is 18.3. The lowest BCUT2D eigenvalue weighted by Crippen LogP contribution is -2.12. The van der Waals surface area contributed by atoms with E-state index in [1.165, 1.54) is 0 Å². The van der Waals surface area contributed by atoms with Crippen molar-refractivity contribution >= 4 is 17.4 Å². The number of benzene rings is 3. The summed E-state index contributed by atoms with van der Waals surface area (Å²) in [6.45, 7) is 2.70. The molecule has 6 heteroatoms. The Morgan fingerprint density at radius 3 is 2.31 bits per heavy atom. The highest BCUT2D eigenvalue weighted by atomic mass is 16.6. The van der Waals surface area contributed by atoms with E-state index >= 15 is 0 Å². The van der Waals surface area contributed by atoms with Crippen LogP contribution in [0.3, 0.4) is 0 Å². The summed E-state index contributed by atoms with van der Waals surface area (Å²) < 4.78 is 5.83. The van der Waals surface area contributed by atoms with Gasteiger partial charge >= 0.3 is 5.97 Å². The topological polar surface area (TPSA) is 79.8 Å². The Kier molecular flexibility index (Phi) is 8.29. The van der Waals surface area contributed by atoms with Crippen LogP contribution in [0.15, 0.2) is 79.1 Å². The highest BCUT2D eigenvalue weighted by Gasteiger charge is 2.05. The molecule has 0 bridgehead atoms. The number of carboxylic acids is 1. The van der Waals surface area contributed by atoms with E-state index in [0.29, 0.717) is 13.0 Å². The van der Waals surface area contributed by atoms with Gasteiger partial charge in [-0.25, -0.2) is 0 Å². The molecular weight excluding hydrogens is 404 g/mol. The summed E-state index contributed by atoms with van der Waals surface area (Å²) in [5.41, 5.74) is 8.85. The van der Waals surface area contributed by atoms with Crippen LogP contribution in [-0.4, -0.2) is 18.2 Å². The Bertz CT molecular complexity index is 1040. The number of carbonyl (C=O) groups is 1. The summed E-state index contributed by atoms with van der Waals surface area (Å²) in [5.74, 6) is -0.0583. The van der Waals surface area contributed by atoms with Gasteiger partial charge in [0.1, 0.15) is 17.7 Å². The predicted molar refractivity (Wildman–Crippen MR) is 126 cm³/mol. The van der Waals surface area contributed by atoms with Crippen LogP contribution >= 0.6 is 0 Å². The molecular formula is C26H28N2O4. The molecule has 0 saturated carbocycles. The highest BCUT2D eigenvalue weighted by Crippen LogP contribution is 2.19. The van der Waals surface area contributed by atoms with E-state index in [4.69, 9.17) is 14.7 Å². The molecule has 0 amide bonds. The van der Waals surface area contributed by atoms with Crippen LogP contribution in [0.4, 0.5) is 5.69 Å². The van der Waals surface area contributed by atoms with Gasteiger partial charge in [-0.2, -0.15) is 0 Å². The first-order chi connectivity index (χ1) is 15.5. The Morgan fingerprint density at radius 1 is 0.969 bits per heavy atom. The zero-order valence-corrected chi connectivity index (χ0v) is 18.3. The van der Waals surface area contributed by atoms with E-state index in [-0.39, 0.29) is 6.42 Å². The van der Waals surface area contributed by atoms with Crippen molar-refractivity contribution in [3.63, 3.8) is 0 Å². The van der Waals surface area contributed by atoms with E-state index in [0.717, 1.165) is 39.4 Å². The number of carboxylic acid groups (broad SMARTS) is 1. The van der Waals surface area contributed by atoms with Gasteiger partial charge in [-0.1, -0.05) is 48.5 Å². The number of nitrogens with one attached hydrogen (secondary N) is 2. The fourth-order valence-corrected chi connectivity index (χ4v) is 3.19. The molecule has 0 atom stereocenters. The molecule has 0 radical (unpaired) electrons. The van der Waals surface area contributed by atoms with Crippen molar-refractivity contribution < 1.29 is 19.5 Å². The van der Waals surface area contributed by atoms with E-state index in [2.05, 4.69) is 10.8 Å². The molecule has 3 aromatic rings. The molecule has 0 aromatic heterocycles. The van der Waals surface area contributed by atoms with Crippen molar-refractivity contribution in [2.75, 3.05) is 12.4 Å². The number of aryl methyl sites for hydroxylation is 2. The first kappa shape index (κ1) is 22.9. The number of hydroxylamine groups is 1. The largest absolute Gasteiger partial charge is 0.481 e. The van der Waals surface area contributed by atoms with Crippen molar-refractivity contribution in [1.29, 1.82) is 0 Å². The average molecular weight is 433 g/mol. The minimum Gasteiger partial charge on any atom is -0.481 e. The second-order valence-electron chi connectivity index (χ2n) is 7.36. The molecule has 0 spiro atoms. The van der Waals surface area contributed by atoms with Crippen LogP contribution in [0, 0.1) is 6.92 Å². The van der Waals surface area contributed by atoms with E-state index < -0.39 is 5.97 Å². The van der Waals surface area contributed by atoms with E-state index in [9.17, 15) is 4.79 Å². The minimum absolute atomic E-state index is 0.143. The van der Waals surface area contributed by atoms with Gasteiger partial charge in [0.25, 0.3) is 0 Å². The smallest absolute Gasteiger partial charge is 0.303 e. The zero-order chi connectivity index (χ0) is 22.8. The molecule has 0 fully saturated rings. The third-order valence-electron chi connectivity index (χ3n) is 4.96. The summed E-state index contributed by atoms with van der Waals surface area (Å²) in [4.78, 5) is 15.8. The van der Waals surface area contributed by atoms with Crippen molar-refractivity contribution in [3.8, 4) is 5.75 Å². The van der Waals surface area contributed by atoms with Crippen LogP contribution in [0.1, 0.15) is 28.7 Å². The molecule has 0 unspecified atom stereocenters. The van der Waals surface area contributed by atoms with Gasteiger partial charge < -0.3 is 15.2 Å². The molecule has 0 aliphatic carbocycles. The van der Waals surface area contributed by atoms with Gasteiger partial charge in [0.05, 0.1) is 7.11 Å². The molecule has 3 rings (SSSR count). The maximum atomic E-state index is 10.7. The quantitative estimate of drug-likeness (QED) is 0.287. The standard InChI is InChI=1S/C26H28N2O4/c1-19-5-3-4-6-24(19)25(28-31-2)18-32-23-14-9-21(10-15-23)17-27-22-12-7-20(8-13-22)11-16-26(29)30/h3-10,12-15,18,27-28H,11,16-17H2,1-2H3,(H,29,30). The Hall–Kier alpha value is -3.77. The van der Waals surface area contributed by atoms with Gasteiger partial charge in [0.15, 0.2) is 0 Å². The lowest BCUT2D eigenvalue weighted by atomic mass is 10.1. The third kappa shape index (κ3) is 6.89. The van der Waals surface area contributed by atoms with Crippen LogP contribution in [0.5, 0.6) is 5.75 Å². The third-order valence-corrected chi connectivity index (χ3v) is 4.96. The fourth-order valence-electron chi connectivity index (χ4n) is 3.19. The fraction of sp³-hybridized carbons (Fsp3) is 0.192. The molecule has 3 N–H and O–H groups in total. The molecule has 0 aliphatic heterocycles. The van der Waals surface area contributed by atoms with Crippen molar-refractivity contribution in [2.24, 2.45) is 0 Å². The SMILES string of the molecule is CONC(=COc1ccc(CNc2ccc(CCC(=O)O)cc2)cc1)c1ccccc1C. The molecule has 32 heavy (non-hydrogen) atoms. The monoisotopic (exact) mass is 432 g/mol. The number of hydrogen-bond acceptors (Lipinski definition) is 5. The van der Waals surface area contributed by atoms with Crippen LogP contribution in [0.2, 0.25) is 0 Å². The summed E-state index contributed by atoms with van der Waals surface area (Å²) in [6, 6.07) is 23.7.